The van der Waals surface area contributed by atoms with Crippen LogP contribution in [-0.4, -0.2) is 31.4 Å². The fraction of sp³-hybridized carbons (Fsp3) is 0.278. The number of hydrogen-bond acceptors (Lipinski definition) is 3. The van der Waals surface area contributed by atoms with Crippen molar-refractivity contribution in [2.75, 3.05) is 19.4 Å². The van der Waals surface area contributed by atoms with Crippen LogP contribution in [0.1, 0.15) is 23.7 Å². The van der Waals surface area contributed by atoms with Gasteiger partial charge in [-0.1, -0.05) is 49.4 Å². The highest BCUT2D eigenvalue weighted by atomic mass is 16.1. The van der Waals surface area contributed by atoms with Crippen molar-refractivity contribution < 1.29 is 4.79 Å². The van der Waals surface area contributed by atoms with Crippen LogP contribution < -0.4 is 5.32 Å². The lowest BCUT2D eigenvalue weighted by molar-refractivity contribution is 0.112. The average Bonchev–Trinajstić information content (AvgIpc) is 2.52. The summed E-state index contributed by atoms with van der Waals surface area (Å²) in [5.41, 5.74) is 3.78. The van der Waals surface area contributed by atoms with E-state index in [1.807, 2.05) is 42.5 Å². The largest absolute Gasteiger partial charge is 0.369 e. The SMILES string of the molecule is CCC(Nc1ccccc1-c1ccccc1C=O)N(C)C. The molecule has 0 bridgehead atoms. The summed E-state index contributed by atoms with van der Waals surface area (Å²) in [4.78, 5) is 13.4. The number of benzene rings is 2. The van der Waals surface area contributed by atoms with Crippen LogP contribution in [0.2, 0.25) is 0 Å². The van der Waals surface area contributed by atoms with E-state index >= 15 is 0 Å². The lowest BCUT2D eigenvalue weighted by atomic mass is 9.98. The van der Waals surface area contributed by atoms with Gasteiger partial charge in [-0.25, -0.2) is 0 Å². The van der Waals surface area contributed by atoms with Crippen molar-refractivity contribution in [3.63, 3.8) is 0 Å². The third-order valence-corrected chi connectivity index (χ3v) is 3.64. The van der Waals surface area contributed by atoms with E-state index in [-0.39, 0.29) is 6.17 Å². The highest BCUT2D eigenvalue weighted by Crippen LogP contribution is 2.30. The molecule has 1 N–H and O–H groups in total. The molecule has 2 aromatic carbocycles. The molecular weight excluding hydrogens is 260 g/mol. The zero-order valence-corrected chi connectivity index (χ0v) is 12.8. The van der Waals surface area contributed by atoms with Crippen LogP contribution in [0, 0.1) is 0 Å². The lowest BCUT2D eigenvalue weighted by Gasteiger charge is -2.26. The molecule has 1 unspecified atom stereocenters. The zero-order chi connectivity index (χ0) is 15.2. The van der Waals surface area contributed by atoms with E-state index in [1.54, 1.807) is 0 Å². The molecule has 2 rings (SSSR count). The molecule has 110 valence electrons. The highest BCUT2D eigenvalue weighted by Gasteiger charge is 2.13. The van der Waals surface area contributed by atoms with Gasteiger partial charge in [0, 0.05) is 16.8 Å². The molecule has 0 aromatic heterocycles. The lowest BCUT2D eigenvalue weighted by Crippen LogP contribution is -2.34. The molecule has 21 heavy (non-hydrogen) atoms. The Bertz CT molecular complexity index is 608. The van der Waals surface area contributed by atoms with Gasteiger partial charge in [0.2, 0.25) is 0 Å². The molecule has 3 heteroatoms. The Morgan fingerprint density at radius 2 is 1.67 bits per heavy atom. The van der Waals surface area contributed by atoms with Crippen molar-refractivity contribution >= 4 is 12.0 Å². The maximum atomic E-state index is 11.3. The molecule has 0 spiro atoms. The maximum Gasteiger partial charge on any atom is 0.150 e. The molecule has 0 aliphatic heterocycles. The Kier molecular flexibility index (Phi) is 5.12. The van der Waals surface area contributed by atoms with Crippen LogP contribution in [0.15, 0.2) is 48.5 Å². The van der Waals surface area contributed by atoms with E-state index in [0.29, 0.717) is 5.56 Å². The minimum absolute atomic E-state index is 0.259. The summed E-state index contributed by atoms with van der Waals surface area (Å²) in [6, 6.07) is 15.8. The van der Waals surface area contributed by atoms with Gasteiger partial charge in [-0.05, 0) is 32.1 Å². The number of carbonyl (C=O) groups excluding carboxylic acids is 1. The summed E-state index contributed by atoms with van der Waals surface area (Å²) in [6.45, 7) is 2.15. The number of nitrogens with zero attached hydrogens (tertiary/aromatic N) is 1. The molecule has 0 saturated heterocycles. The van der Waals surface area contributed by atoms with Gasteiger partial charge in [-0.15, -0.1) is 0 Å². The van der Waals surface area contributed by atoms with Gasteiger partial charge in [0.15, 0.2) is 6.29 Å². The van der Waals surface area contributed by atoms with Crippen molar-refractivity contribution in [3.05, 3.63) is 54.1 Å². The van der Waals surface area contributed by atoms with Crippen LogP contribution in [0.5, 0.6) is 0 Å². The molecule has 0 fully saturated rings. The highest BCUT2D eigenvalue weighted by molar-refractivity contribution is 5.91. The summed E-state index contributed by atoms with van der Waals surface area (Å²) in [6.07, 6.45) is 2.17. The Morgan fingerprint density at radius 3 is 2.29 bits per heavy atom. The van der Waals surface area contributed by atoms with Crippen LogP contribution in [0.25, 0.3) is 11.1 Å². The van der Waals surface area contributed by atoms with E-state index in [0.717, 1.165) is 29.5 Å². The molecule has 0 saturated carbocycles. The van der Waals surface area contributed by atoms with Gasteiger partial charge >= 0.3 is 0 Å². The monoisotopic (exact) mass is 282 g/mol. The first-order chi connectivity index (χ1) is 10.2. The first-order valence-electron chi connectivity index (χ1n) is 7.24. The fourth-order valence-electron chi connectivity index (χ4n) is 2.46. The van der Waals surface area contributed by atoms with Gasteiger partial charge in [0.25, 0.3) is 0 Å². The Hall–Kier alpha value is -2.13. The molecule has 0 heterocycles. The molecule has 0 amide bonds. The third kappa shape index (κ3) is 3.50. The topological polar surface area (TPSA) is 32.3 Å². The average molecular weight is 282 g/mol. The minimum Gasteiger partial charge on any atom is -0.369 e. The standard InChI is InChI=1S/C18H22N2O/c1-4-18(20(2)3)19-17-12-8-7-11-16(17)15-10-6-5-9-14(15)13-21/h5-13,18-19H,4H2,1-3H3. The fourth-order valence-corrected chi connectivity index (χ4v) is 2.46. The second-order valence-electron chi connectivity index (χ2n) is 5.28. The van der Waals surface area contributed by atoms with Crippen molar-refractivity contribution in [3.8, 4) is 11.1 Å². The van der Waals surface area contributed by atoms with Gasteiger partial charge in [0.1, 0.15) is 0 Å². The Morgan fingerprint density at radius 1 is 1.05 bits per heavy atom. The number of hydrogen-bond donors (Lipinski definition) is 1. The third-order valence-electron chi connectivity index (χ3n) is 3.64. The molecule has 3 nitrogen and oxygen atoms in total. The zero-order valence-electron chi connectivity index (χ0n) is 12.8. The summed E-state index contributed by atoms with van der Waals surface area (Å²) >= 11 is 0. The minimum atomic E-state index is 0.259. The summed E-state index contributed by atoms with van der Waals surface area (Å²) in [5.74, 6) is 0. The van der Waals surface area contributed by atoms with Crippen molar-refractivity contribution in [1.29, 1.82) is 0 Å². The second kappa shape index (κ2) is 7.04. The number of anilines is 1. The molecule has 2 aromatic rings. The van der Waals surface area contributed by atoms with Gasteiger partial charge in [-0.3, -0.25) is 9.69 Å². The number of carbonyl (C=O) groups is 1. The normalized spacial score (nSPS) is 12.2. The first kappa shape index (κ1) is 15.3. The number of rotatable bonds is 6. The molecule has 1 atom stereocenters. The van der Waals surface area contributed by atoms with Crippen molar-refractivity contribution in [2.45, 2.75) is 19.5 Å². The van der Waals surface area contributed by atoms with E-state index in [1.165, 1.54) is 0 Å². The molecule has 0 radical (unpaired) electrons. The molecule has 0 aliphatic rings. The summed E-state index contributed by atoms with van der Waals surface area (Å²) < 4.78 is 0. The number of aldehydes is 1. The predicted octanol–water partition coefficient (Wildman–Crippen LogP) is 3.88. The number of nitrogens with one attached hydrogen (secondary N) is 1. The molecule has 0 aliphatic carbocycles. The Labute approximate surface area is 126 Å². The van der Waals surface area contributed by atoms with E-state index in [4.69, 9.17) is 0 Å². The van der Waals surface area contributed by atoms with Crippen LogP contribution in [-0.2, 0) is 0 Å². The van der Waals surface area contributed by atoms with E-state index < -0.39 is 0 Å². The van der Waals surface area contributed by atoms with Gasteiger partial charge in [-0.2, -0.15) is 0 Å². The quantitative estimate of drug-likeness (QED) is 0.644. The summed E-state index contributed by atoms with van der Waals surface area (Å²) in [5, 5.41) is 3.56. The van der Waals surface area contributed by atoms with Gasteiger partial charge in [0.05, 0.1) is 6.17 Å². The maximum absolute atomic E-state index is 11.3. The predicted molar refractivity (Wildman–Crippen MR) is 88.7 cm³/mol. The van der Waals surface area contributed by atoms with Crippen LogP contribution >= 0.6 is 0 Å². The van der Waals surface area contributed by atoms with Crippen LogP contribution in [0.3, 0.4) is 0 Å². The molecular formula is C18H22N2O. The van der Waals surface area contributed by atoms with Gasteiger partial charge < -0.3 is 5.32 Å². The summed E-state index contributed by atoms with van der Waals surface area (Å²) in [7, 11) is 4.12. The van der Waals surface area contributed by atoms with Crippen molar-refractivity contribution in [1.82, 2.24) is 4.90 Å². The number of para-hydroxylation sites is 1. The van der Waals surface area contributed by atoms with E-state index in [9.17, 15) is 4.79 Å². The van der Waals surface area contributed by atoms with E-state index in [2.05, 4.69) is 37.3 Å². The van der Waals surface area contributed by atoms with Crippen molar-refractivity contribution in [2.24, 2.45) is 0 Å². The second-order valence-corrected chi connectivity index (χ2v) is 5.28. The Balaban J connectivity index is 2.43. The van der Waals surface area contributed by atoms with Crippen LogP contribution in [0.4, 0.5) is 5.69 Å². The smallest absolute Gasteiger partial charge is 0.150 e. The first-order valence-corrected chi connectivity index (χ1v) is 7.24.